The van der Waals surface area contributed by atoms with Crippen LogP contribution < -0.4 is 9.50 Å². The number of benzene rings is 3. The number of rotatable bonds is 7. The Morgan fingerprint density at radius 2 is 1.59 bits per heavy atom. The largest absolute Gasteiger partial charge is 0.379 e. The SMILES string of the molecule is CC(C)N(Cc1ccc(OS(=O)(=O)c2ccc(F)cc2)cc1)C(=O)Nc1ccccc1F. The number of carbonyl (C=O) groups excluding carboxylic acids is 1. The summed E-state index contributed by atoms with van der Waals surface area (Å²) in [6, 6.07) is 15.7. The highest BCUT2D eigenvalue weighted by atomic mass is 32.2. The zero-order valence-corrected chi connectivity index (χ0v) is 18.3. The topological polar surface area (TPSA) is 75.7 Å². The lowest BCUT2D eigenvalue weighted by Gasteiger charge is -2.27. The van der Waals surface area contributed by atoms with E-state index in [9.17, 15) is 22.0 Å². The van der Waals surface area contributed by atoms with Crippen LogP contribution in [0, 0.1) is 11.6 Å². The van der Waals surface area contributed by atoms with E-state index in [0.29, 0.717) is 5.56 Å². The Hall–Kier alpha value is -3.46. The summed E-state index contributed by atoms with van der Waals surface area (Å²) >= 11 is 0. The summed E-state index contributed by atoms with van der Waals surface area (Å²) in [5, 5.41) is 2.56. The fourth-order valence-electron chi connectivity index (χ4n) is 2.86. The molecule has 0 unspecified atom stereocenters. The molecular weight excluding hydrogens is 438 g/mol. The minimum atomic E-state index is -4.11. The summed E-state index contributed by atoms with van der Waals surface area (Å²) < 4.78 is 56.6. The number of nitrogens with zero attached hydrogens (tertiary/aromatic N) is 1. The third-order valence-corrected chi connectivity index (χ3v) is 5.85. The maximum Gasteiger partial charge on any atom is 0.339 e. The summed E-state index contributed by atoms with van der Waals surface area (Å²) in [6.07, 6.45) is 0. The van der Waals surface area contributed by atoms with E-state index in [4.69, 9.17) is 4.18 Å². The van der Waals surface area contributed by atoms with Gasteiger partial charge in [-0.2, -0.15) is 8.42 Å². The van der Waals surface area contributed by atoms with Gasteiger partial charge in [-0.3, -0.25) is 0 Å². The Kier molecular flexibility index (Phi) is 7.09. The van der Waals surface area contributed by atoms with Crippen LogP contribution in [-0.4, -0.2) is 25.4 Å². The minimum Gasteiger partial charge on any atom is -0.379 e. The quantitative estimate of drug-likeness (QED) is 0.493. The van der Waals surface area contributed by atoms with Crippen LogP contribution in [0.1, 0.15) is 19.4 Å². The van der Waals surface area contributed by atoms with Crippen molar-refractivity contribution in [3.05, 3.63) is 90.0 Å². The fourth-order valence-corrected chi connectivity index (χ4v) is 3.79. The van der Waals surface area contributed by atoms with Crippen molar-refractivity contribution in [2.24, 2.45) is 0 Å². The average Bonchev–Trinajstić information content (AvgIpc) is 2.74. The fraction of sp³-hybridized carbons (Fsp3) is 0.174. The number of hydrogen-bond donors (Lipinski definition) is 1. The highest BCUT2D eigenvalue weighted by Gasteiger charge is 2.20. The maximum absolute atomic E-state index is 13.8. The van der Waals surface area contributed by atoms with Gasteiger partial charge in [0.25, 0.3) is 0 Å². The zero-order valence-electron chi connectivity index (χ0n) is 17.5. The molecule has 9 heteroatoms. The molecule has 0 spiro atoms. The molecule has 1 N–H and O–H groups in total. The highest BCUT2D eigenvalue weighted by molar-refractivity contribution is 7.87. The predicted molar refractivity (Wildman–Crippen MR) is 117 cm³/mol. The molecule has 3 rings (SSSR count). The third kappa shape index (κ3) is 5.82. The molecule has 0 fully saturated rings. The van der Waals surface area contributed by atoms with E-state index in [1.165, 1.54) is 35.2 Å². The first kappa shape index (κ1) is 23.2. The molecule has 0 bridgehead atoms. The van der Waals surface area contributed by atoms with Crippen molar-refractivity contribution in [2.75, 3.05) is 5.32 Å². The first-order valence-corrected chi connectivity index (χ1v) is 11.2. The van der Waals surface area contributed by atoms with Gasteiger partial charge in [-0.05, 0) is 67.9 Å². The number of halogens is 2. The lowest BCUT2D eigenvalue weighted by Crippen LogP contribution is -2.39. The molecular formula is C23H22F2N2O4S. The number of carbonyl (C=O) groups is 1. The van der Waals surface area contributed by atoms with Crippen LogP contribution in [0.25, 0.3) is 0 Å². The van der Waals surface area contributed by atoms with Gasteiger partial charge in [0.15, 0.2) is 0 Å². The molecule has 3 aromatic carbocycles. The maximum atomic E-state index is 13.8. The van der Waals surface area contributed by atoms with E-state index >= 15 is 0 Å². The monoisotopic (exact) mass is 460 g/mol. The highest BCUT2D eigenvalue weighted by Crippen LogP contribution is 2.21. The zero-order chi connectivity index (χ0) is 23.3. The van der Waals surface area contributed by atoms with Crippen molar-refractivity contribution < 1.29 is 26.2 Å². The van der Waals surface area contributed by atoms with Crippen molar-refractivity contribution in [3.63, 3.8) is 0 Å². The molecule has 0 heterocycles. The van der Waals surface area contributed by atoms with E-state index in [0.717, 1.165) is 24.3 Å². The Morgan fingerprint density at radius 3 is 2.19 bits per heavy atom. The van der Waals surface area contributed by atoms with Gasteiger partial charge in [0.2, 0.25) is 0 Å². The number of urea groups is 1. The van der Waals surface area contributed by atoms with Crippen LogP contribution in [0.4, 0.5) is 19.3 Å². The van der Waals surface area contributed by atoms with Gasteiger partial charge < -0.3 is 14.4 Å². The Labute approximate surface area is 185 Å². The molecule has 0 aliphatic carbocycles. The van der Waals surface area contributed by atoms with E-state index in [1.54, 1.807) is 18.2 Å². The second kappa shape index (κ2) is 9.78. The molecule has 2 amide bonds. The van der Waals surface area contributed by atoms with Gasteiger partial charge in [0, 0.05) is 12.6 Å². The van der Waals surface area contributed by atoms with Crippen LogP contribution >= 0.6 is 0 Å². The van der Waals surface area contributed by atoms with Gasteiger partial charge in [-0.15, -0.1) is 0 Å². The molecule has 0 aliphatic rings. The standard InChI is InChI=1S/C23H22F2N2O4S/c1-16(2)27(23(28)26-22-6-4-3-5-21(22)25)15-17-7-11-19(12-8-17)31-32(29,30)20-13-9-18(24)10-14-20/h3-14,16H,15H2,1-2H3,(H,26,28). The third-order valence-electron chi connectivity index (χ3n) is 4.58. The molecule has 0 saturated heterocycles. The molecule has 32 heavy (non-hydrogen) atoms. The van der Waals surface area contributed by atoms with E-state index in [1.807, 2.05) is 13.8 Å². The van der Waals surface area contributed by atoms with Crippen LogP contribution in [0.3, 0.4) is 0 Å². The van der Waals surface area contributed by atoms with Gasteiger partial charge in [0.05, 0.1) is 5.69 Å². The number of amides is 2. The minimum absolute atomic E-state index is 0.0741. The van der Waals surface area contributed by atoms with Crippen LogP contribution in [-0.2, 0) is 16.7 Å². The van der Waals surface area contributed by atoms with Gasteiger partial charge in [-0.25, -0.2) is 13.6 Å². The van der Waals surface area contributed by atoms with Crippen molar-refractivity contribution in [2.45, 2.75) is 31.3 Å². The predicted octanol–water partition coefficient (Wildman–Crippen LogP) is 5.18. The Balaban J connectivity index is 1.69. The summed E-state index contributed by atoms with van der Waals surface area (Å²) in [5.74, 6) is -1.01. The van der Waals surface area contributed by atoms with Gasteiger partial charge in [-0.1, -0.05) is 24.3 Å². The van der Waals surface area contributed by atoms with Crippen molar-refractivity contribution >= 4 is 21.8 Å². The Bertz CT molecular complexity index is 1180. The molecule has 6 nitrogen and oxygen atoms in total. The second-order valence-corrected chi connectivity index (χ2v) is 8.81. The number of para-hydroxylation sites is 1. The molecule has 0 radical (unpaired) electrons. The first-order chi connectivity index (χ1) is 15.2. The van der Waals surface area contributed by atoms with Crippen molar-refractivity contribution in [1.29, 1.82) is 0 Å². The Morgan fingerprint density at radius 1 is 0.969 bits per heavy atom. The van der Waals surface area contributed by atoms with Crippen LogP contribution in [0.5, 0.6) is 5.75 Å². The molecule has 168 valence electrons. The van der Waals surface area contributed by atoms with E-state index < -0.39 is 27.8 Å². The molecule has 0 aliphatic heterocycles. The number of nitrogens with one attached hydrogen (secondary N) is 1. The van der Waals surface area contributed by atoms with E-state index in [2.05, 4.69) is 5.32 Å². The molecule has 0 atom stereocenters. The lowest BCUT2D eigenvalue weighted by atomic mass is 10.2. The normalized spacial score (nSPS) is 11.3. The van der Waals surface area contributed by atoms with Gasteiger partial charge in [0.1, 0.15) is 22.3 Å². The summed E-state index contributed by atoms with van der Waals surface area (Å²) in [6.45, 7) is 3.87. The number of hydrogen-bond acceptors (Lipinski definition) is 4. The van der Waals surface area contributed by atoms with Gasteiger partial charge >= 0.3 is 16.1 Å². The second-order valence-electron chi connectivity index (χ2n) is 7.27. The molecule has 3 aromatic rings. The smallest absolute Gasteiger partial charge is 0.339 e. The molecule has 0 aromatic heterocycles. The summed E-state index contributed by atoms with van der Waals surface area (Å²) in [7, 11) is -4.11. The number of anilines is 1. The summed E-state index contributed by atoms with van der Waals surface area (Å²) in [5.41, 5.74) is 0.798. The summed E-state index contributed by atoms with van der Waals surface area (Å²) in [4.78, 5) is 14.0. The average molecular weight is 461 g/mol. The van der Waals surface area contributed by atoms with Crippen molar-refractivity contribution in [1.82, 2.24) is 4.90 Å². The van der Waals surface area contributed by atoms with Crippen molar-refractivity contribution in [3.8, 4) is 5.75 Å². The van der Waals surface area contributed by atoms with E-state index in [-0.39, 0.29) is 28.9 Å². The first-order valence-electron chi connectivity index (χ1n) is 9.77. The van der Waals surface area contributed by atoms with Crippen LogP contribution in [0.15, 0.2) is 77.7 Å². The molecule has 0 saturated carbocycles. The lowest BCUT2D eigenvalue weighted by molar-refractivity contribution is 0.193. The van der Waals surface area contributed by atoms with Crippen LogP contribution in [0.2, 0.25) is 0 Å².